The number of rotatable bonds is 4. The summed E-state index contributed by atoms with van der Waals surface area (Å²) in [5, 5.41) is 10.3. The van der Waals surface area contributed by atoms with Crippen LogP contribution >= 0.6 is 15.9 Å². The van der Waals surface area contributed by atoms with Gasteiger partial charge >= 0.3 is 0 Å². The Morgan fingerprint density at radius 2 is 1.87 bits per heavy atom. The molecule has 0 fully saturated rings. The van der Waals surface area contributed by atoms with E-state index in [4.69, 9.17) is 0 Å². The molecule has 1 rings (SSSR count). The van der Waals surface area contributed by atoms with Crippen molar-refractivity contribution in [1.82, 2.24) is 0 Å². The topological polar surface area (TPSA) is 20.2 Å². The summed E-state index contributed by atoms with van der Waals surface area (Å²) in [5.41, 5.74) is 2.22. The molecule has 15 heavy (non-hydrogen) atoms. The molecule has 84 valence electrons. The Hall–Kier alpha value is -0.340. The van der Waals surface area contributed by atoms with Crippen molar-refractivity contribution in [2.24, 2.45) is 5.92 Å². The Morgan fingerprint density at radius 3 is 2.40 bits per heavy atom. The fourth-order valence-electron chi connectivity index (χ4n) is 1.92. The summed E-state index contributed by atoms with van der Waals surface area (Å²) in [5.74, 6) is 0.359. The molecule has 0 saturated carbocycles. The van der Waals surface area contributed by atoms with Crippen LogP contribution in [0.5, 0.6) is 0 Å². The lowest BCUT2D eigenvalue weighted by Crippen LogP contribution is -2.12. The van der Waals surface area contributed by atoms with Gasteiger partial charge in [-0.25, -0.2) is 0 Å². The van der Waals surface area contributed by atoms with E-state index in [0.717, 1.165) is 28.4 Å². The predicted octanol–water partition coefficient (Wildman–Crippen LogP) is 4.23. The summed E-state index contributed by atoms with van der Waals surface area (Å²) < 4.78 is 1.04. The standard InChI is InChI=1S/C13H19BrO/c1-4-10(5-2)13(15)12-8-11(14)7-6-9(12)3/h6-8,10,13,15H,4-5H2,1-3H3. The molecule has 1 atom stereocenters. The minimum Gasteiger partial charge on any atom is -0.388 e. The number of hydrogen-bond acceptors (Lipinski definition) is 1. The number of hydrogen-bond donors (Lipinski definition) is 1. The van der Waals surface area contributed by atoms with Crippen LogP contribution in [0.2, 0.25) is 0 Å². The second-order valence-corrected chi connectivity index (χ2v) is 4.94. The third-order valence-electron chi connectivity index (χ3n) is 3.06. The van der Waals surface area contributed by atoms with E-state index >= 15 is 0 Å². The summed E-state index contributed by atoms with van der Waals surface area (Å²) in [6.45, 7) is 6.31. The molecule has 0 bridgehead atoms. The first-order valence-corrected chi connectivity index (χ1v) is 6.33. The first kappa shape index (κ1) is 12.7. The zero-order valence-electron chi connectivity index (χ0n) is 9.63. The minimum atomic E-state index is -0.336. The lowest BCUT2D eigenvalue weighted by molar-refractivity contribution is 0.103. The molecule has 1 N–H and O–H groups in total. The third-order valence-corrected chi connectivity index (χ3v) is 3.55. The Labute approximate surface area is 101 Å². The number of aliphatic hydroxyl groups is 1. The average molecular weight is 271 g/mol. The zero-order valence-corrected chi connectivity index (χ0v) is 11.2. The number of aryl methyl sites for hydroxylation is 1. The lowest BCUT2D eigenvalue weighted by Gasteiger charge is -2.22. The van der Waals surface area contributed by atoms with Crippen molar-refractivity contribution in [3.63, 3.8) is 0 Å². The number of halogens is 1. The zero-order chi connectivity index (χ0) is 11.4. The van der Waals surface area contributed by atoms with Gasteiger partial charge in [0.15, 0.2) is 0 Å². The van der Waals surface area contributed by atoms with Gasteiger partial charge in [0.1, 0.15) is 0 Å². The highest BCUT2D eigenvalue weighted by Crippen LogP contribution is 2.30. The van der Waals surface area contributed by atoms with Crippen molar-refractivity contribution in [2.75, 3.05) is 0 Å². The van der Waals surface area contributed by atoms with Gasteiger partial charge in [-0.1, -0.05) is 48.7 Å². The third kappa shape index (κ3) is 3.05. The summed E-state index contributed by atoms with van der Waals surface area (Å²) in [7, 11) is 0. The second kappa shape index (κ2) is 5.66. The van der Waals surface area contributed by atoms with Crippen LogP contribution in [0.3, 0.4) is 0 Å². The van der Waals surface area contributed by atoms with Crippen LogP contribution in [-0.2, 0) is 0 Å². The smallest absolute Gasteiger partial charge is 0.0820 e. The van der Waals surface area contributed by atoms with E-state index in [1.807, 2.05) is 25.1 Å². The SMILES string of the molecule is CCC(CC)C(O)c1cc(Br)ccc1C. The summed E-state index contributed by atoms with van der Waals surface area (Å²) in [6.07, 6.45) is 1.70. The summed E-state index contributed by atoms with van der Waals surface area (Å²) in [6, 6.07) is 6.09. The molecule has 0 amide bonds. The molecule has 0 aliphatic carbocycles. The van der Waals surface area contributed by atoms with E-state index in [9.17, 15) is 5.11 Å². The van der Waals surface area contributed by atoms with Gasteiger partial charge in [-0.05, 0) is 36.1 Å². The maximum absolute atomic E-state index is 10.3. The van der Waals surface area contributed by atoms with E-state index in [1.54, 1.807) is 0 Å². The molecule has 1 nitrogen and oxygen atoms in total. The first-order valence-electron chi connectivity index (χ1n) is 5.54. The molecular weight excluding hydrogens is 252 g/mol. The Kier molecular flexibility index (Phi) is 4.81. The highest BCUT2D eigenvalue weighted by atomic mass is 79.9. The van der Waals surface area contributed by atoms with Crippen molar-refractivity contribution in [2.45, 2.75) is 39.7 Å². The lowest BCUT2D eigenvalue weighted by atomic mass is 9.89. The van der Waals surface area contributed by atoms with Crippen molar-refractivity contribution in [3.05, 3.63) is 33.8 Å². The molecule has 1 aromatic rings. The van der Waals surface area contributed by atoms with E-state index in [2.05, 4.69) is 29.8 Å². The fraction of sp³-hybridized carbons (Fsp3) is 0.538. The van der Waals surface area contributed by atoms with Crippen LogP contribution in [0.4, 0.5) is 0 Å². The van der Waals surface area contributed by atoms with Crippen LogP contribution in [0, 0.1) is 12.8 Å². The van der Waals surface area contributed by atoms with Gasteiger partial charge in [-0.15, -0.1) is 0 Å². The quantitative estimate of drug-likeness (QED) is 0.869. The van der Waals surface area contributed by atoms with E-state index in [1.165, 1.54) is 0 Å². The molecule has 0 heterocycles. The van der Waals surface area contributed by atoms with Gasteiger partial charge in [-0.3, -0.25) is 0 Å². The van der Waals surface area contributed by atoms with Gasteiger partial charge in [0, 0.05) is 4.47 Å². The molecular formula is C13H19BrO. The van der Waals surface area contributed by atoms with Gasteiger partial charge in [0.05, 0.1) is 6.10 Å². The maximum atomic E-state index is 10.3. The van der Waals surface area contributed by atoms with Crippen LogP contribution in [0.25, 0.3) is 0 Å². The van der Waals surface area contributed by atoms with Crippen LogP contribution in [0.1, 0.15) is 43.9 Å². The van der Waals surface area contributed by atoms with E-state index < -0.39 is 0 Å². The highest BCUT2D eigenvalue weighted by Gasteiger charge is 2.19. The van der Waals surface area contributed by atoms with Crippen LogP contribution in [-0.4, -0.2) is 5.11 Å². The average Bonchev–Trinajstić information content (AvgIpc) is 2.23. The van der Waals surface area contributed by atoms with Gasteiger partial charge in [-0.2, -0.15) is 0 Å². The van der Waals surface area contributed by atoms with Crippen molar-refractivity contribution < 1.29 is 5.11 Å². The Balaban J connectivity index is 2.98. The molecule has 0 radical (unpaired) electrons. The largest absolute Gasteiger partial charge is 0.388 e. The monoisotopic (exact) mass is 270 g/mol. The van der Waals surface area contributed by atoms with Crippen LogP contribution < -0.4 is 0 Å². The van der Waals surface area contributed by atoms with Gasteiger partial charge in [0.25, 0.3) is 0 Å². The maximum Gasteiger partial charge on any atom is 0.0820 e. The van der Waals surface area contributed by atoms with Crippen molar-refractivity contribution in [1.29, 1.82) is 0 Å². The second-order valence-electron chi connectivity index (χ2n) is 4.02. The molecule has 0 aromatic heterocycles. The van der Waals surface area contributed by atoms with Crippen molar-refractivity contribution in [3.8, 4) is 0 Å². The summed E-state index contributed by atoms with van der Waals surface area (Å²) >= 11 is 3.45. The highest BCUT2D eigenvalue weighted by molar-refractivity contribution is 9.10. The Bertz CT molecular complexity index is 318. The minimum absolute atomic E-state index is 0.336. The molecule has 0 spiro atoms. The van der Waals surface area contributed by atoms with E-state index in [-0.39, 0.29) is 6.10 Å². The molecule has 2 heteroatoms. The summed E-state index contributed by atoms with van der Waals surface area (Å²) in [4.78, 5) is 0. The fourth-order valence-corrected chi connectivity index (χ4v) is 2.30. The van der Waals surface area contributed by atoms with Crippen molar-refractivity contribution >= 4 is 15.9 Å². The number of aliphatic hydroxyl groups excluding tert-OH is 1. The van der Waals surface area contributed by atoms with Gasteiger partial charge < -0.3 is 5.11 Å². The molecule has 1 unspecified atom stereocenters. The Morgan fingerprint density at radius 1 is 1.27 bits per heavy atom. The molecule has 0 aliphatic heterocycles. The molecule has 0 saturated heterocycles. The molecule has 1 aromatic carbocycles. The predicted molar refractivity (Wildman–Crippen MR) is 67.9 cm³/mol. The van der Waals surface area contributed by atoms with Crippen LogP contribution in [0.15, 0.2) is 22.7 Å². The molecule has 0 aliphatic rings. The first-order chi connectivity index (χ1) is 7.10. The number of benzene rings is 1. The normalized spacial score (nSPS) is 13.2. The van der Waals surface area contributed by atoms with E-state index in [0.29, 0.717) is 5.92 Å². The van der Waals surface area contributed by atoms with Gasteiger partial charge in [0.2, 0.25) is 0 Å².